The number of hydrogen-bond donors (Lipinski definition) is 3. The number of aromatic nitrogens is 3. The van der Waals surface area contributed by atoms with Crippen molar-refractivity contribution in [2.75, 3.05) is 10.6 Å². The van der Waals surface area contributed by atoms with Gasteiger partial charge in [-0.1, -0.05) is 17.4 Å². The van der Waals surface area contributed by atoms with Gasteiger partial charge < -0.3 is 15.7 Å². The summed E-state index contributed by atoms with van der Waals surface area (Å²) in [6, 6.07) is 5.29. The number of rotatable bonds is 4. The first kappa shape index (κ1) is 17.0. The zero-order chi connectivity index (χ0) is 18.1. The first-order valence-electron chi connectivity index (χ1n) is 7.69. The van der Waals surface area contributed by atoms with Gasteiger partial charge in [0.1, 0.15) is 16.4 Å². The number of phenols is 1. The van der Waals surface area contributed by atoms with Gasteiger partial charge in [0.2, 0.25) is 0 Å². The largest absolute Gasteiger partial charge is 0.508 e. The molecule has 3 rings (SSSR count). The van der Waals surface area contributed by atoms with Gasteiger partial charge in [0.15, 0.2) is 5.13 Å². The van der Waals surface area contributed by atoms with Crippen molar-refractivity contribution >= 4 is 33.9 Å². The normalized spacial score (nSPS) is 10.7. The highest BCUT2D eigenvalue weighted by Gasteiger charge is 2.15. The zero-order valence-electron chi connectivity index (χ0n) is 14.4. The van der Waals surface area contributed by atoms with E-state index in [0.717, 1.165) is 17.1 Å². The summed E-state index contributed by atoms with van der Waals surface area (Å²) < 4.78 is 1.72. The lowest BCUT2D eigenvalue weighted by atomic mass is 10.1. The third kappa shape index (κ3) is 3.48. The molecule has 2 aromatic heterocycles. The fourth-order valence-corrected chi connectivity index (χ4v) is 3.20. The lowest BCUT2D eigenvalue weighted by Crippen LogP contribution is -2.12. The molecule has 0 unspecified atom stereocenters. The van der Waals surface area contributed by atoms with Crippen LogP contribution < -0.4 is 10.6 Å². The van der Waals surface area contributed by atoms with E-state index in [1.807, 2.05) is 27.0 Å². The monoisotopic (exact) mass is 357 g/mol. The highest BCUT2D eigenvalue weighted by Crippen LogP contribution is 2.29. The van der Waals surface area contributed by atoms with Crippen LogP contribution in [0.5, 0.6) is 5.75 Å². The average molecular weight is 357 g/mol. The van der Waals surface area contributed by atoms with Crippen molar-refractivity contribution in [1.82, 2.24) is 14.8 Å². The molecule has 0 aliphatic heterocycles. The van der Waals surface area contributed by atoms with Crippen LogP contribution in [0, 0.1) is 20.8 Å². The fourth-order valence-electron chi connectivity index (χ4n) is 2.48. The number of amides is 1. The molecule has 0 bridgehead atoms. The number of thiazole rings is 1. The van der Waals surface area contributed by atoms with Gasteiger partial charge in [-0.2, -0.15) is 5.10 Å². The van der Waals surface area contributed by atoms with E-state index >= 15 is 0 Å². The van der Waals surface area contributed by atoms with Crippen LogP contribution in [0.1, 0.15) is 26.5 Å². The number of carbonyl (C=O) groups excluding carboxylic acids is 1. The van der Waals surface area contributed by atoms with Crippen molar-refractivity contribution in [2.45, 2.75) is 20.8 Å². The van der Waals surface area contributed by atoms with Crippen molar-refractivity contribution in [3.05, 3.63) is 46.1 Å². The molecule has 0 saturated heterocycles. The fraction of sp³-hybridized carbons (Fsp3) is 0.235. The molecule has 0 saturated carbocycles. The smallest absolute Gasteiger partial charge is 0.267 e. The Kier molecular flexibility index (Phi) is 4.45. The lowest BCUT2D eigenvalue weighted by Gasteiger charge is -2.11. The van der Waals surface area contributed by atoms with E-state index in [1.54, 1.807) is 23.7 Å². The molecule has 7 nitrogen and oxygen atoms in total. The Labute approximate surface area is 149 Å². The number of aromatic hydroxyl groups is 1. The predicted molar refractivity (Wildman–Crippen MR) is 98.9 cm³/mol. The number of benzene rings is 1. The van der Waals surface area contributed by atoms with Crippen LogP contribution in [0.15, 0.2) is 24.4 Å². The molecule has 8 heteroatoms. The minimum atomic E-state index is -0.261. The van der Waals surface area contributed by atoms with Crippen LogP contribution >= 0.6 is 11.3 Å². The Morgan fingerprint density at radius 2 is 2.04 bits per heavy atom. The van der Waals surface area contributed by atoms with Crippen molar-refractivity contribution in [3.8, 4) is 5.75 Å². The van der Waals surface area contributed by atoms with Gasteiger partial charge in [-0.25, -0.2) is 4.98 Å². The summed E-state index contributed by atoms with van der Waals surface area (Å²) in [5.74, 6) is 0.696. The minimum Gasteiger partial charge on any atom is -0.508 e. The van der Waals surface area contributed by atoms with E-state index in [1.165, 1.54) is 17.5 Å². The molecule has 0 radical (unpaired) electrons. The maximum Gasteiger partial charge on any atom is 0.267 e. The van der Waals surface area contributed by atoms with E-state index in [9.17, 15) is 9.90 Å². The van der Waals surface area contributed by atoms with Crippen LogP contribution in [0.2, 0.25) is 0 Å². The first-order chi connectivity index (χ1) is 11.8. The quantitative estimate of drug-likeness (QED) is 0.665. The summed E-state index contributed by atoms with van der Waals surface area (Å²) >= 11 is 1.25. The van der Waals surface area contributed by atoms with Crippen LogP contribution in [-0.4, -0.2) is 25.8 Å². The van der Waals surface area contributed by atoms with Crippen LogP contribution in [0.25, 0.3) is 0 Å². The Balaban J connectivity index is 1.77. The number of aryl methyl sites for hydroxylation is 3. The maximum atomic E-state index is 12.5. The van der Waals surface area contributed by atoms with Gasteiger partial charge in [0, 0.05) is 18.7 Å². The van der Waals surface area contributed by atoms with Crippen molar-refractivity contribution in [3.63, 3.8) is 0 Å². The number of nitrogens with zero attached hydrogens (tertiary/aromatic N) is 3. The SMILES string of the molecule is Cc1cc(Nc2ncc(C(=O)Nc3c(C)ccc(O)c3C)s2)n(C)n1. The molecule has 0 aliphatic carbocycles. The van der Waals surface area contributed by atoms with Crippen molar-refractivity contribution < 1.29 is 9.90 Å². The lowest BCUT2D eigenvalue weighted by molar-refractivity contribution is 0.103. The van der Waals surface area contributed by atoms with Crippen LogP contribution in [-0.2, 0) is 7.05 Å². The van der Waals surface area contributed by atoms with Crippen molar-refractivity contribution in [2.24, 2.45) is 7.05 Å². The van der Waals surface area contributed by atoms with Gasteiger partial charge in [-0.15, -0.1) is 0 Å². The summed E-state index contributed by atoms with van der Waals surface area (Å²) in [5.41, 5.74) is 3.04. The predicted octanol–water partition coefficient (Wildman–Crippen LogP) is 3.50. The molecule has 0 spiro atoms. The van der Waals surface area contributed by atoms with E-state index < -0.39 is 0 Å². The van der Waals surface area contributed by atoms with Gasteiger partial charge >= 0.3 is 0 Å². The number of anilines is 3. The number of nitrogens with one attached hydrogen (secondary N) is 2. The summed E-state index contributed by atoms with van der Waals surface area (Å²) in [4.78, 5) is 17.2. The third-order valence-electron chi connectivity index (χ3n) is 3.85. The van der Waals surface area contributed by atoms with E-state index in [2.05, 4.69) is 20.7 Å². The van der Waals surface area contributed by atoms with Crippen LogP contribution in [0.3, 0.4) is 0 Å². The van der Waals surface area contributed by atoms with E-state index in [-0.39, 0.29) is 11.7 Å². The van der Waals surface area contributed by atoms with Gasteiger partial charge in [-0.3, -0.25) is 9.48 Å². The molecule has 25 heavy (non-hydrogen) atoms. The van der Waals surface area contributed by atoms with Crippen molar-refractivity contribution in [1.29, 1.82) is 0 Å². The molecular formula is C17H19N5O2S. The number of hydrogen-bond acceptors (Lipinski definition) is 6. The molecule has 0 atom stereocenters. The van der Waals surface area contributed by atoms with E-state index in [0.29, 0.717) is 21.3 Å². The Hall–Kier alpha value is -2.87. The molecule has 0 fully saturated rings. The zero-order valence-corrected chi connectivity index (χ0v) is 15.2. The highest BCUT2D eigenvalue weighted by molar-refractivity contribution is 7.17. The average Bonchev–Trinajstić information content (AvgIpc) is 3.14. The Bertz CT molecular complexity index is 945. The highest BCUT2D eigenvalue weighted by atomic mass is 32.1. The second kappa shape index (κ2) is 6.56. The molecule has 3 aromatic rings. The number of carbonyl (C=O) groups is 1. The second-order valence-corrected chi connectivity index (χ2v) is 6.84. The second-order valence-electron chi connectivity index (χ2n) is 5.80. The summed E-state index contributed by atoms with van der Waals surface area (Å²) in [6.45, 7) is 5.56. The van der Waals surface area contributed by atoms with Crippen LogP contribution in [0.4, 0.5) is 16.6 Å². The Morgan fingerprint density at radius 3 is 2.72 bits per heavy atom. The summed E-state index contributed by atoms with van der Waals surface area (Å²) in [7, 11) is 1.84. The minimum absolute atomic E-state index is 0.152. The standard InChI is InChI=1S/C17H19N5O2S/c1-9-5-6-12(23)11(3)15(9)20-16(24)13-8-18-17(25-13)19-14-7-10(2)21-22(14)4/h5-8,23H,1-4H3,(H,18,19)(H,20,24). The van der Waals surface area contributed by atoms with Gasteiger partial charge in [-0.05, 0) is 32.4 Å². The summed E-state index contributed by atoms with van der Waals surface area (Å²) in [5, 5.41) is 20.7. The Morgan fingerprint density at radius 1 is 1.28 bits per heavy atom. The third-order valence-corrected chi connectivity index (χ3v) is 4.76. The molecule has 3 N–H and O–H groups in total. The first-order valence-corrected chi connectivity index (χ1v) is 8.51. The molecule has 130 valence electrons. The molecular weight excluding hydrogens is 338 g/mol. The van der Waals surface area contributed by atoms with Gasteiger partial charge in [0.25, 0.3) is 5.91 Å². The molecule has 1 amide bonds. The molecule has 2 heterocycles. The van der Waals surface area contributed by atoms with Gasteiger partial charge in [0.05, 0.1) is 17.6 Å². The molecule has 0 aliphatic rings. The maximum absolute atomic E-state index is 12.5. The molecule has 1 aromatic carbocycles. The topological polar surface area (TPSA) is 92.1 Å². The number of phenolic OH excluding ortho intramolecular Hbond substituents is 1. The van der Waals surface area contributed by atoms with E-state index in [4.69, 9.17) is 0 Å². The summed E-state index contributed by atoms with van der Waals surface area (Å²) in [6.07, 6.45) is 1.53.